The molecule has 0 aliphatic carbocycles. The minimum absolute atomic E-state index is 0. The van der Waals surface area contributed by atoms with Crippen LogP contribution in [-0.2, 0) is 0 Å². The molecule has 4 N–H and O–H groups in total. The molecule has 0 amide bonds. The van der Waals surface area contributed by atoms with Gasteiger partial charge in [0, 0.05) is 37.8 Å². The highest BCUT2D eigenvalue weighted by Gasteiger charge is 2.26. The Hall–Kier alpha value is -1.01. The molecule has 2 rings (SSSR count). The van der Waals surface area contributed by atoms with Gasteiger partial charge in [0.15, 0.2) is 0 Å². The predicted molar refractivity (Wildman–Crippen MR) is 93.6 cm³/mol. The molecular weight excluding hydrogens is 328 g/mol. The van der Waals surface area contributed by atoms with Gasteiger partial charge in [0.05, 0.1) is 0 Å². The van der Waals surface area contributed by atoms with Gasteiger partial charge in [-0.1, -0.05) is 11.6 Å². The third-order valence-corrected chi connectivity index (χ3v) is 3.69. The summed E-state index contributed by atoms with van der Waals surface area (Å²) in [6, 6.07) is 2.92. The Bertz CT molecular complexity index is 508. The van der Waals surface area contributed by atoms with Crippen molar-refractivity contribution < 1.29 is 9.50 Å². The van der Waals surface area contributed by atoms with Crippen molar-refractivity contribution in [1.29, 1.82) is 0 Å². The van der Waals surface area contributed by atoms with Crippen molar-refractivity contribution in [3.05, 3.63) is 35.7 Å². The summed E-state index contributed by atoms with van der Waals surface area (Å²) >= 11 is 0. The van der Waals surface area contributed by atoms with Crippen LogP contribution in [0.1, 0.15) is 24.9 Å². The lowest BCUT2D eigenvalue weighted by atomic mass is 9.96. The summed E-state index contributed by atoms with van der Waals surface area (Å²) in [6.45, 7) is 9.49. The van der Waals surface area contributed by atoms with E-state index in [1.807, 2.05) is 6.92 Å². The minimum atomic E-state index is -0.583. The van der Waals surface area contributed by atoms with Crippen LogP contribution in [0.4, 0.5) is 10.1 Å². The molecule has 1 aromatic carbocycles. The van der Waals surface area contributed by atoms with Gasteiger partial charge in [-0.2, -0.15) is 0 Å². The number of halogens is 3. The van der Waals surface area contributed by atoms with E-state index in [9.17, 15) is 9.50 Å². The number of aromatic hydroxyl groups is 1. The van der Waals surface area contributed by atoms with E-state index < -0.39 is 5.82 Å². The highest BCUT2D eigenvalue weighted by atomic mass is 35.5. The predicted octanol–water partition coefficient (Wildman–Crippen LogP) is 2.87. The Balaban J connectivity index is 0.00000220. The van der Waals surface area contributed by atoms with Crippen LogP contribution in [0.2, 0.25) is 0 Å². The normalized spacial score (nSPS) is 16.3. The van der Waals surface area contributed by atoms with Crippen molar-refractivity contribution in [3.8, 4) is 5.75 Å². The molecule has 1 aliphatic heterocycles. The zero-order valence-corrected chi connectivity index (χ0v) is 14.3. The number of phenolic OH excluding ortho intramolecular Hbond substituents is 1. The topological polar surface area (TPSA) is 61.5 Å². The number of nitrogens with zero attached hydrogens (tertiary/aromatic N) is 1. The molecule has 1 aromatic rings. The van der Waals surface area contributed by atoms with Crippen LogP contribution in [0.3, 0.4) is 0 Å². The average molecular weight is 352 g/mol. The SMILES string of the molecule is C=C(C)C[C@@H](c1ccc(F)c(N)c1O)N1CCNCC1.Cl.Cl. The van der Waals surface area contributed by atoms with E-state index in [1.54, 1.807) is 6.07 Å². The first-order valence-electron chi connectivity index (χ1n) is 6.86. The molecule has 126 valence electrons. The Kier molecular flexibility index (Phi) is 8.78. The molecule has 0 spiro atoms. The number of nitrogens with two attached hydrogens (primary N) is 1. The van der Waals surface area contributed by atoms with Crippen LogP contribution in [-0.4, -0.2) is 36.2 Å². The number of hydrogen-bond donors (Lipinski definition) is 3. The Morgan fingerprint density at radius 3 is 2.55 bits per heavy atom. The van der Waals surface area contributed by atoms with Gasteiger partial charge in [-0.25, -0.2) is 4.39 Å². The fraction of sp³-hybridized carbons (Fsp3) is 0.467. The van der Waals surface area contributed by atoms with Crippen molar-refractivity contribution in [2.24, 2.45) is 0 Å². The summed E-state index contributed by atoms with van der Waals surface area (Å²) in [5.41, 5.74) is 7.12. The quantitative estimate of drug-likeness (QED) is 0.443. The van der Waals surface area contributed by atoms with Crippen LogP contribution in [0.15, 0.2) is 24.3 Å². The molecule has 22 heavy (non-hydrogen) atoms. The average Bonchev–Trinajstić information content (AvgIpc) is 2.44. The zero-order chi connectivity index (χ0) is 14.7. The maximum absolute atomic E-state index is 13.4. The summed E-state index contributed by atoms with van der Waals surface area (Å²) in [7, 11) is 0. The van der Waals surface area contributed by atoms with Crippen LogP contribution in [0, 0.1) is 5.82 Å². The third kappa shape index (κ3) is 4.74. The lowest BCUT2D eigenvalue weighted by Crippen LogP contribution is -2.45. The second-order valence-electron chi connectivity index (χ2n) is 5.36. The number of piperazine rings is 1. The largest absolute Gasteiger partial charge is 0.505 e. The Morgan fingerprint density at radius 2 is 2.00 bits per heavy atom. The molecule has 1 fully saturated rings. The second-order valence-corrected chi connectivity index (χ2v) is 5.36. The van der Waals surface area contributed by atoms with Crippen molar-refractivity contribution in [2.45, 2.75) is 19.4 Å². The second kappa shape index (κ2) is 9.20. The molecule has 0 bridgehead atoms. The van der Waals surface area contributed by atoms with E-state index in [4.69, 9.17) is 5.73 Å². The van der Waals surface area contributed by atoms with Crippen molar-refractivity contribution in [3.63, 3.8) is 0 Å². The summed E-state index contributed by atoms with van der Waals surface area (Å²) in [4.78, 5) is 2.28. The van der Waals surface area contributed by atoms with Gasteiger partial charge in [-0.05, 0) is 19.4 Å². The number of nitrogen functional groups attached to an aromatic ring is 1. The maximum atomic E-state index is 13.4. The van der Waals surface area contributed by atoms with E-state index in [0.29, 0.717) is 5.56 Å². The number of anilines is 1. The molecular formula is C15H24Cl2FN3O. The smallest absolute Gasteiger partial charge is 0.149 e. The molecule has 0 saturated carbocycles. The van der Waals surface area contributed by atoms with E-state index in [1.165, 1.54) is 6.07 Å². The Morgan fingerprint density at radius 1 is 1.41 bits per heavy atom. The molecule has 7 heteroatoms. The zero-order valence-electron chi connectivity index (χ0n) is 12.6. The fourth-order valence-electron chi connectivity index (χ4n) is 2.63. The molecule has 1 heterocycles. The lowest BCUT2D eigenvalue weighted by Gasteiger charge is -2.35. The van der Waals surface area contributed by atoms with E-state index in [2.05, 4.69) is 16.8 Å². The summed E-state index contributed by atoms with van der Waals surface area (Å²) in [5.74, 6) is -0.726. The van der Waals surface area contributed by atoms with E-state index in [-0.39, 0.29) is 42.3 Å². The third-order valence-electron chi connectivity index (χ3n) is 3.69. The van der Waals surface area contributed by atoms with Gasteiger partial charge in [0.25, 0.3) is 0 Å². The lowest BCUT2D eigenvalue weighted by molar-refractivity contribution is 0.170. The summed E-state index contributed by atoms with van der Waals surface area (Å²) in [5, 5.41) is 13.5. The Labute approximate surface area is 143 Å². The molecule has 0 radical (unpaired) electrons. The van der Waals surface area contributed by atoms with Gasteiger partial charge < -0.3 is 16.2 Å². The minimum Gasteiger partial charge on any atom is -0.505 e. The van der Waals surface area contributed by atoms with Crippen LogP contribution in [0.5, 0.6) is 5.75 Å². The number of hydrogen-bond acceptors (Lipinski definition) is 4. The number of benzene rings is 1. The number of nitrogens with one attached hydrogen (secondary N) is 1. The molecule has 1 atom stereocenters. The molecule has 4 nitrogen and oxygen atoms in total. The first-order chi connectivity index (χ1) is 9.50. The van der Waals surface area contributed by atoms with Crippen molar-refractivity contribution in [1.82, 2.24) is 10.2 Å². The van der Waals surface area contributed by atoms with Gasteiger partial charge in [0.1, 0.15) is 17.3 Å². The number of phenols is 1. The van der Waals surface area contributed by atoms with Crippen LogP contribution < -0.4 is 11.1 Å². The van der Waals surface area contributed by atoms with Gasteiger partial charge in [-0.15, -0.1) is 31.4 Å². The standard InChI is InChI=1S/C15H22FN3O.2ClH/c1-10(2)9-13(19-7-5-18-6-8-19)11-3-4-12(16)14(17)15(11)20;;/h3-4,13,18,20H,1,5-9,17H2,2H3;2*1H/t13-;;/m0../s1. The summed E-state index contributed by atoms with van der Waals surface area (Å²) < 4.78 is 13.4. The first-order valence-corrected chi connectivity index (χ1v) is 6.86. The van der Waals surface area contributed by atoms with Crippen LogP contribution in [0.25, 0.3) is 0 Å². The van der Waals surface area contributed by atoms with Gasteiger partial charge >= 0.3 is 0 Å². The van der Waals surface area contributed by atoms with Crippen molar-refractivity contribution >= 4 is 30.5 Å². The fourth-order valence-corrected chi connectivity index (χ4v) is 2.63. The molecule has 1 aliphatic rings. The molecule has 1 saturated heterocycles. The number of rotatable bonds is 4. The molecule has 0 aromatic heterocycles. The highest BCUT2D eigenvalue weighted by Crippen LogP contribution is 2.37. The van der Waals surface area contributed by atoms with E-state index >= 15 is 0 Å². The maximum Gasteiger partial charge on any atom is 0.149 e. The highest BCUT2D eigenvalue weighted by molar-refractivity contribution is 5.85. The van der Waals surface area contributed by atoms with Crippen LogP contribution >= 0.6 is 24.8 Å². The van der Waals surface area contributed by atoms with Gasteiger partial charge in [-0.3, -0.25) is 4.90 Å². The summed E-state index contributed by atoms with van der Waals surface area (Å²) in [6.07, 6.45) is 0.721. The van der Waals surface area contributed by atoms with Crippen molar-refractivity contribution in [2.75, 3.05) is 31.9 Å². The monoisotopic (exact) mass is 351 g/mol. The molecule has 0 unspecified atom stereocenters. The van der Waals surface area contributed by atoms with E-state index in [0.717, 1.165) is 38.2 Å². The van der Waals surface area contributed by atoms with Gasteiger partial charge in [0.2, 0.25) is 0 Å². The first kappa shape index (κ1) is 21.0.